The fraction of sp³-hybridized carbons (Fsp3) is 0.600. The van der Waals surface area contributed by atoms with E-state index in [4.69, 9.17) is 0 Å². The Labute approximate surface area is 155 Å². The average molecular weight is 356 g/mol. The van der Waals surface area contributed by atoms with Crippen LogP contribution in [0.3, 0.4) is 0 Å². The zero-order chi connectivity index (χ0) is 17.9. The Morgan fingerprint density at radius 3 is 2.35 bits per heavy atom. The third kappa shape index (κ3) is 3.70. The molecule has 6 nitrogen and oxygen atoms in total. The van der Waals surface area contributed by atoms with Crippen molar-refractivity contribution in [3.8, 4) is 0 Å². The first-order chi connectivity index (χ1) is 12.7. The van der Waals surface area contributed by atoms with E-state index in [-0.39, 0.29) is 11.9 Å². The summed E-state index contributed by atoms with van der Waals surface area (Å²) < 4.78 is 0. The van der Waals surface area contributed by atoms with Crippen LogP contribution >= 0.6 is 0 Å². The molecule has 0 atom stereocenters. The molecule has 0 aromatic heterocycles. The second kappa shape index (κ2) is 7.66. The molecule has 2 heterocycles. The van der Waals surface area contributed by atoms with E-state index in [2.05, 4.69) is 34.5 Å². The Hall–Kier alpha value is -2.08. The molecule has 1 aromatic rings. The van der Waals surface area contributed by atoms with Crippen LogP contribution in [0, 0.1) is 0 Å². The van der Waals surface area contributed by atoms with Crippen LogP contribution in [0.4, 0.5) is 4.79 Å². The van der Waals surface area contributed by atoms with Crippen molar-refractivity contribution in [1.29, 1.82) is 0 Å². The molecule has 0 bridgehead atoms. The van der Waals surface area contributed by atoms with E-state index < -0.39 is 0 Å². The summed E-state index contributed by atoms with van der Waals surface area (Å²) in [6.45, 7) is 5.45. The molecule has 140 valence electrons. The minimum atomic E-state index is 0.00556. The van der Waals surface area contributed by atoms with Crippen LogP contribution in [0.25, 0.3) is 0 Å². The lowest BCUT2D eigenvalue weighted by Crippen LogP contribution is -2.54. The third-order valence-electron chi connectivity index (χ3n) is 5.98. The Morgan fingerprint density at radius 1 is 1.04 bits per heavy atom. The zero-order valence-electron chi connectivity index (χ0n) is 15.3. The quantitative estimate of drug-likeness (QED) is 0.879. The molecule has 1 aliphatic carbocycles. The Balaban J connectivity index is 1.19. The summed E-state index contributed by atoms with van der Waals surface area (Å²) in [5.74, 6) is 0.213. The molecule has 3 amide bonds. The van der Waals surface area contributed by atoms with Crippen molar-refractivity contribution in [3.63, 3.8) is 0 Å². The van der Waals surface area contributed by atoms with Crippen molar-refractivity contribution in [2.24, 2.45) is 0 Å². The molecule has 2 aliphatic heterocycles. The molecular formula is C20H28N4O2. The molecule has 6 heteroatoms. The maximum absolute atomic E-state index is 12.4. The van der Waals surface area contributed by atoms with Crippen molar-refractivity contribution >= 4 is 11.9 Å². The lowest BCUT2D eigenvalue weighted by Gasteiger charge is -2.38. The van der Waals surface area contributed by atoms with Gasteiger partial charge in [-0.05, 0) is 30.4 Å². The van der Waals surface area contributed by atoms with Crippen molar-refractivity contribution in [2.45, 2.75) is 31.7 Å². The average Bonchev–Trinajstić information content (AvgIpc) is 3.28. The first-order valence-corrected chi connectivity index (χ1v) is 9.82. The SMILES string of the molecule is O=C1CCCN1CCNC(=O)N1CCN(C2Cc3ccccc3C2)CC1. The number of benzene rings is 1. The van der Waals surface area contributed by atoms with Crippen LogP contribution in [0.15, 0.2) is 24.3 Å². The van der Waals surface area contributed by atoms with E-state index in [1.807, 2.05) is 9.80 Å². The van der Waals surface area contributed by atoms with Gasteiger partial charge in [-0.15, -0.1) is 0 Å². The summed E-state index contributed by atoms with van der Waals surface area (Å²) in [6, 6.07) is 9.32. The van der Waals surface area contributed by atoms with Crippen molar-refractivity contribution < 1.29 is 9.59 Å². The number of carbonyl (C=O) groups is 2. The van der Waals surface area contributed by atoms with Crippen LogP contribution in [-0.4, -0.2) is 78.5 Å². The summed E-state index contributed by atoms with van der Waals surface area (Å²) in [7, 11) is 0. The van der Waals surface area contributed by atoms with Gasteiger partial charge in [-0.25, -0.2) is 4.79 Å². The summed E-state index contributed by atoms with van der Waals surface area (Å²) in [4.78, 5) is 30.2. The maximum atomic E-state index is 12.4. The highest BCUT2D eigenvalue weighted by Gasteiger charge is 2.30. The predicted molar refractivity (Wildman–Crippen MR) is 100.0 cm³/mol. The maximum Gasteiger partial charge on any atom is 0.317 e. The first-order valence-electron chi connectivity index (χ1n) is 9.82. The number of rotatable bonds is 4. The number of urea groups is 1. The molecule has 26 heavy (non-hydrogen) atoms. The topological polar surface area (TPSA) is 55.9 Å². The standard InChI is InChI=1S/C20H28N4O2/c25-19-6-3-8-23(19)9-7-21-20(26)24-12-10-22(11-13-24)18-14-16-4-1-2-5-17(16)15-18/h1-2,4-5,18H,3,6-15H2,(H,21,26). The van der Waals surface area contributed by atoms with Gasteiger partial charge in [0.05, 0.1) is 0 Å². The summed E-state index contributed by atoms with van der Waals surface area (Å²) in [5.41, 5.74) is 2.96. The number of piperazine rings is 1. The smallest absolute Gasteiger partial charge is 0.317 e. The Kier molecular flexibility index (Phi) is 5.11. The minimum Gasteiger partial charge on any atom is -0.341 e. The van der Waals surface area contributed by atoms with Crippen LogP contribution in [0.2, 0.25) is 0 Å². The van der Waals surface area contributed by atoms with Gasteiger partial charge in [0.2, 0.25) is 5.91 Å². The number of fused-ring (bicyclic) bond motifs is 1. The van der Waals surface area contributed by atoms with E-state index >= 15 is 0 Å². The van der Waals surface area contributed by atoms with Crippen LogP contribution in [-0.2, 0) is 17.6 Å². The van der Waals surface area contributed by atoms with Gasteiger partial charge in [0.25, 0.3) is 0 Å². The normalized spacial score (nSPS) is 21.3. The number of carbonyl (C=O) groups excluding carboxylic acids is 2. The monoisotopic (exact) mass is 356 g/mol. The van der Waals surface area contributed by atoms with Gasteiger partial charge in [0.15, 0.2) is 0 Å². The second-order valence-corrected chi connectivity index (χ2v) is 7.57. The van der Waals surface area contributed by atoms with E-state index in [1.54, 1.807) is 0 Å². The molecule has 0 unspecified atom stereocenters. The number of hydrogen-bond donors (Lipinski definition) is 1. The molecule has 0 spiro atoms. The highest BCUT2D eigenvalue weighted by atomic mass is 16.2. The predicted octanol–water partition coefficient (Wildman–Crippen LogP) is 1.10. The van der Waals surface area contributed by atoms with Crippen molar-refractivity contribution in [1.82, 2.24) is 20.0 Å². The molecule has 2 saturated heterocycles. The lowest BCUT2D eigenvalue weighted by atomic mass is 10.1. The molecule has 4 rings (SSSR count). The minimum absolute atomic E-state index is 0.00556. The highest BCUT2D eigenvalue weighted by molar-refractivity contribution is 5.78. The van der Waals surface area contributed by atoms with Gasteiger partial charge in [-0.1, -0.05) is 24.3 Å². The van der Waals surface area contributed by atoms with Gasteiger partial charge in [-0.3, -0.25) is 9.69 Å². The van der Waals surface area contributed by atoms with Crippen molar-refractivity contribution in [3.05, 3.63) is 35.4 Å². The fourth-order valence-corrected chi connectivity index (χ4v) is 4.43. The summed E-state index contributed by atoms with van der Waals surface area (Å²) in [5, 5.41) is 2.97. The largest absolute Gasteiger partial charge is 0.341 e. The molecule has 1 aromatic carbocycles. The lowest BCUT2D eigenvalue weighted by molar-refractivity contribution is -0.127. The van der Waals surface area contributed by atoms with Gasteiger partial charge >= 0.3 is 6.03 Å². The number of nitrogens with zero attached hydrogens (tertiary/aromatic N) is 3. The van der Waals surface area contributed by atoms with Crippen LogP contribution in [0.1, 0.15) is 24.0 Å². The fourth-order valence-electron chi connectivity index (χ4n) is 4.43. The molecule has 2 fully saturated rings. The number of likely N-dealkylation sites (tertiary alicyclic amines) is 1. The van der Waals surface area contributed by atoms with Gasteiger partial charge < -0.3 is 15.1 Å². The Bertz CT molecular complexity index is 645. The van der Waals surface area contributed by atoms with Gasteiger partial charge in [0, 0.05) is 58.3 Å². The number of hydrogen-bond acceptors (Lipinski definition) is 3. The zero-order valence-corrected chi connectivity index (χ0v) is 15.3. The molecule has 3 aliphatic rings. The molecular weight excluding hydrogens is 328 g/mol. The highest BCUT2D eigenvalue weighted by Crippen LogP contribution is 2.26. The van der Waals surface area contributed by atoms with E-state index in [1.165, 1.54) is 11.1 Å². The molecule has 0 radical (unpaired) electrons. The number of nitrogens with one attached hydrogen (secondary N) is 1. The summed E-state index contributed by atoms with van der Waals surface area (Å²) in [6.07, 6.45) is 3.86. The summed E-state index contributed by atoms with van der Waals surface area (Å²) >= 11 is 0. The van der Waals surface area contributed by atoms with Crippen LogP contribution < -0.4 is 5.32 Å². The van der Waals surface area contributed by atoms with Crippen LogP contribution in [0.5, 0.6) is 0 Å². The van der Waals surface area contributed by atoms with E-state index in [0.29, 0.717) is 25.6 Å². The third-order valence-corrected chi connectivity index (χ3v) is 5.98. The van der Waals surface area contributed by atoms with Gasteiger partial charge in [-0.2, -0.15) is 0 Å². The van der Waals surface area contributed by atoms with E-state index in [9.17, 15) is 9.59 Å². The molecule has 1 N–H and O–H groups in total. The van der Waals surface area contributed by atoms with E-state index in [0.717, 1.165) is 52.0 Å². The van der Waals surface area contributed by atoms with Crippen molar-refractivity contribution in [2.75, 3.05) is 45.8 Å². The number of amides is 3. The first kappa shape index (κ1) is 17.3. The second-order valence-electron chi connectivity index (χ2n) is 7.57. The Morgan fingerprint density at radius 2 is 1.73 bits per heavy atom. The van der Waals surface area contributed by atoms with Gasteiger partial charge in [0.1, 0.15) is 0 Å². The molecule has 0 saturated carbocycles.